The summed E-state index contributed by atoms with van der Waals surface area (Å²) in [6.07, 6.45) is 0.886. The molecule has 0 bridgehead atoms. The van der Waals surface area contributed by atoms with E-state index in [0.29, 0.717) is 17.7 Å². The van der Waals surface area contributed by atoms with Gasteiger partial charge in [-0.15, -0.1) is 0 Å². The summed E-state index contributed by atoms with van der Waals surface area (Å²) in [5.41, 5.74) is 1.74. The van der Waals surface area contributed by atoms with Gasteiger partial charge in [-0.2, -0.15) is 0 Å². The summed E-state index contributed by atoms with van der Waals surface area (Å²) in [5, 5.41) is 3.00. The van der Waals surface area contributed by atoms with Gasteiger partial charge in [0.15, 0.2) is 0 Å². The van der Waals surface area contributed by atoms with E-state index in [4.69, 9.17) is 0 Å². The summed E-state index contributed by atoms with van der Waals surface area (Å²) >= 11 is 2.13. The van der Waals surface area contributed by atoms with Crippen LogP contribution in [0.4, 0.5) is 10.1 Å². The van der Waals surface area contributed by atoms with Crippen molar-refractivity contribution in [2.24, 2.45) is 0 Å². The topological polar surface area (TPSA) is 86.8 Å². The maximum atomic E-state index is 14.4. The quantitative estimate of drug-likeness (QED) is 0.167. The van der Waals surface area contributed by atoms with Gasteiger partial charge < -0.3 is 10.2 Å². The average Bonchev–Trinajstić information content (AvgIpc) is 3.03. The minimum Gasteiger partial charge on any atom is -0.352 e. The lowest BCUT2D eigenvalue weighted by molar-refractivity contribution is -0.140. The number of sulfonamides is 1. The molecule has 4 aromatic rings. The average molecular weight is 728 g/mol. The van der Waals surface area contributed by atoms with Crippen molar-refractivity contribution in [3.63, 3.8) is 0 Å². The Balaban J connectivity index is 1.79. The number of hydrogen-bond acceptors (Lipinski definition) is 4. The van der Waals surface area contributed by atoms with Crippen molar-refractivity contribution in [1.82, 2.24) is 10.2 Å². The van der Waals surface area contributed by atoms with Gasteiger partial charge in [-0.1, -0.05) is 67.6 Å². The molecule has 4 aromatic carbocycles. The number of carbonyl (C=O) groups excluding carboxylic acids is 2. The predicted molar refractivity (Wildman–Crippen MR) is 179 cm³/mol. The van der Waals surface area contributed by atoms with Gasteiger partial charge in [-0.05, 0) is 95.6 Å². The number of benzene rings is 4. The van der Waals surface area contributed by atoms with E-state index < -0.39 is 34.3 Å². The summed E-state index contributed by atoms with van der Waals surface area (Å²) in [6.45, 7) is 3.25. The smallest absolute Gasteiger partial charge is 0.264 e. The molecule has 2 amide bonds. The van der Waals surface area contributed by atoms with Crippen LogP contribution in [0.3, 0.4) is 0 Å². The second-order valence-corrected chi connectivity index (χ2v) is 13.6. The monoisotopic (exact) mass is 727 g/mol. The Bertz CT molecular complexity index is 1640. The van der Waals surface area contributed by atoms with Crippen LogP contribution in [0.15, 0.2) is 114 Å². The van der Waals surface area contributed by atoms with Crippen molar-refractivity contribution in [3.05, 3.63) is 130 Å². The lowest BCUT2D eigenvalue weighted by Crippen LogP contribution is -2.54. The van der Waals surface area contributed by atoms with Crippen LogP contribution >= 0.6 is 22.6 Å². The highest BCUT2D eigenvalue weighted by atomic mass is 127. The molecule has 0 heterocycles. The summed E-state index contributed by atoms with van der Waals surface area (Å²) in [5.74, 6) is -1.36. The molecule has 4 rings (SSSR count). The van der Waals surface area contributed by atoms with Crippen LogP contribution in [0.2, 0.25) is 0 Å². The summed E-state index contributed by atoms with van der Waals surface area (Å²) in [7, 11) is -4.17. The van der Waals surface area contributed by atoms with Gasteiger partial charge >= 0.3 is 0 Å². The largest absolute Gasteiger partial charge is 0.352 e. The molecule has 0 saturated carbocycles. The molecule has 44 heavy (non-hydrogen) atoms. The highest BCUT2D eigenvalue weighted by molar-refractivity contribution is 14.1. The first-order chi connectivity index (χ1) is 21.1. The van der Waals surface area contributed by atoms with Gasteiger partial charge in [0.1, 0.15) is 18.4 Å². The minimum atomic E-state index is -4.17. The van der Waals surface area contributed by atoms with Crippen molar-refractivity contribution in [2.45, 2.75) is 50.2 Å². The molecule has 0 fully saturated rings. The zero-order valence-electron chi connectivity index (χ0n) is 24.6. The van der Waals surface area contributed by atoms with Crippen LogP contribution in [0, 0.1) is 9.39 Å². The Morgan fingerprint density at radius 1 is 0.841 bits per heavy atom. The summed E-state index contributed by atoms with van der Waals surface area (Å²) in [6, 6.07) is 28.7. The van der Waals surface area contributed by atoms with Crippen LogP contribution in [-0.2, 0) is 32.6 Å². The van der Waals surface area contributed by atoms with Gasteiger partial charge in [0, 0.05) is 22.6 Å². The van der Waals surface area contributed by atoms with E-state index in [1.54, 1.807) is 54.6 Å². The van der Waals surface area contributed by atoms with Gasteiger partial charge in [-0.3, -0.25) is 13.9 Å². The van der Waals surface area contributed by atoms with Crippen LogP contribution in [0.25, 0.3) is 0 Å². The van der Waals surface area contributed by atoms with E-state index in [1.807, 2.05) is 44.2 Å². The lowest BCUT2D eigenvalue weighted by atomic mass is 10.0. The highest BCUT2D eigenvalue weighted by Crippen LogP contribution is 2.26. The molecule has 1 N–H and O–H groups in total. The van der Waals surface area contributed by atoms with Gasteiger partial charge in [0.2, 0.25) is 11.8 Å². The van der Waals surface area contributed by atoms with Crippen LogP contribution < -0.4 is 9.62 Å². The third-order valence-electron chi connectivity index (χ3n) is 7.26. The fraction of sp³-hybridized carbons (Fsp3) is 0.235. The fourth-order valence-electron chi connectivity index (χ4n) is 4.64. The SMILES string of the molecule is CC[C@H](C)NC(=O)[C@H](Cc1ccccc1)N(Cc1ccc(F)cc1)C(=O)CN(c1ccc(I)cc1)S(=O)(=O)c1ccccc1. The molecule has 2 atom stereocenters. The number of amides is 2. The van der Waals surface area contributed by atoms with Crippen molar-refractivity contribution >= 4 is 50.1 Å². The minimum absolute atomic E-state index is 0.0313. The number of rotatable bonds is 13. The molecular formula is C34H35FIN3O4S. The molecule has 0 radical (unpaired) electrons. The molecular weight excluding hydrogens is 692 g/mol. The van der Waals surface area contributed by atoms with E-state index in [1.165, 1.54) is 29.2 Å². The molecule has 0 unspecified atom stereocenters. The van der Waals surface area contributed by atoms with E-state index in [-0.39, 0.29) is 29.8 Å². The van der Waals surface area contributed by atoms with Crippen molar-refractivity contribution in [3.8, 4) is 0 Å². The second-order valence-electron chi connectivity index (χ2n) is 10.5. The molecule has 7 nitrogen and oxygen atoms in total. The van der Waals surface area contributed by atoms with Gasteiger partial charge in [0.25, 0.3) is 10.0 Å². The Morgan fingerprint density at radius 3 is 2.02 bits per heavy atom. The van der Waals surface area contributed by atoms with E-state index in [0.717, 1.165) is 13.4 Å². The van der Waals surface area contributed by atoms with Gasteiger partial charge in [-0.25, -0.2) is 12.8 Å². The normalized spacial score (nSPS) is 12.6. The van der Waals surface area contributed by atoms with Crippen LogP contribution in [-0.4, -0.2) is 43.8 Å². The zero-order valence-corrected chi connectivity index (χ0v) is 27.5. The lowest BCUT2D eigenvalue weighted by Gasteiger charge is -2.34. The van der Waals surface area contributed by atoms with Crippen molar-refractivity contribution < 1.29 is 22.4 Å². The number of hydrogen-bond donors (Lipinski definition) is 1. The maximum absolute atomic E-state index is 14.4. The highest BCUT2D eigenvalue weighted by Gasteiger charge is 2.35. The molecule has 0 aliphatic rings. The number of halogens is 2. The first-order valence-electron chi connectivity index (χ1n) is 14.3. The Hall–Kier alpha value is -3.77. The van der Waals surface area contributed by atoms with Crippen LogP contribution in [0.5, 0.6) is 0 Å². The maximum Gasteiger partial charge on any atom is 0.264 e. The Kier molecular flexibility index (Phi) is 11.5. The molecule has 0 aliphatic heterocycles. The zero-order chi connectivity index (χ0) is 31.7. The predicted octanol–water partition coefficient (Wildman–Crippen LogP) is 6.18. The number of carbonyl (C=O) groups is 2. The molecule has 0 aromatic heterocycles. The molecule has 0 aliphatic carbocycles. The van der Waals surface area contributed by atoms with Crippen molar-refractivity contribution in [2.75, 3.05) is 10.8 Å². The van der Waals surface area contributed by atoms with Gasteiger partial charge in [0.05, 0.1) is 10.6 Å². The van der Waals surface area contributed by atoms with E-state index >= 15 is 0 Å². The number of anilines is 1. The molecule has 230 valence electrons. The first-order valence-corrected chi connectivity index (χ1v) is 16.8. The fourth-order valence-corrected chi connectivity index (χ4v) is 6.43. The van der Waals surface area contributed by atoms with E-state index in [2.05, 4.69) is 27.9 Å². The van der Waals surface area contributed by atoms with E-state index in [9.17, 15) is 22.4 Å². The summed E-state index contributed by atoms with van der Waals surface area (Å²) < 4.78 is 43.7. The first kappa shape index (κ1) is 33.1. The molecule has 0 spiro atoms. The second kappa shape index (κ2) is 15.3. The number of nitrogens with zero attached hydrogens (tertiary/aromatic N) is 2. The Morgan fingerprint density at radius 2 is 1.43 bits per heavy atom. The summed E-state index contributed by atoms with van der Waals surface area (Å²) in [4.78, 5) is 29.7. The number of nitrogens with one attached hydrogen (secondary N) is 1. The van der Waals surface area contributed by atoms with Crippen LogP contribution in [0.1, 0.15) is 31.4 Å². The molecule has 10 heteroatoms. The van der Waals surface area contributed by atoms with Crippen molar-refractivity contribution in [1.29, 1.82) is 0 Å². The molecule has 0 saturated heterocycles. The standard InChI is InChI=1S/C34H35FIN3O4S/c1-3-25(2)37-34(41)32(22-26-10-6-4-7-11-26)38(23-27-14-16-28(35)17-15-27)33(40)24-39(30-20-18-29(36)19-21-30)44(42,43)31-12-8-5-9-13-31/h4-21,25,32H,3,22-24H2,1-2H3,(H,37,41)/t25-,32-/m0/s1. The third kappa shape index (κ3) is 8.66. The Labute approximate surface area is 272 Å². The third-order valence-corrected chi connectivity index (χ3v) is 9.77.